The van der Waals surface area contributed by atoms with Gasteiger partial charge in [0.1, 0.15) is 18.2 Å². The number of anilines is 1. The van der Waals surface area contributed by atoms with Gasteiger partial charge in [-0.25, -0.2) is 0 Å². The number of aromatic nitrogens is 1. The summed E-state index contributed by atoms with van der Waals surface area (Å²) in [4.78, 5) is 40.4. The number of benzene rings is 2. The van der Waals surface area contributed by atoms with Crippen molar-refractivity contribution in [3.63, 3.8) is 0 Å². The molecular formula is C26H26N4O3. The van der Waals surface area contributed by atoms with E-state index in [-0.39, 0.29) is 18.0 Å². The maximum Gasteiger partial charge on any atom is 0.269 e. The molecule has 0 spiro atoms. The van der Waals surface area contributed by atoms with E-state index in [1.54, 1.807) is 49.1 Å². The van der Waals surface area contributed by atoms with Gasteiger partial charge in [-0.3, -0.25) is 14.4 Å². The van der Waals surface area contributed by atoms with Crippen LogP contribution in [0.15, 0.2) is 65.5 Å². The summed E-state index contributed by atoms with van der Waals surface area (Å²) in [6, 6.07) is 20.1. The molecule has 0 unspecified atom stereocenters. The summed E-state index contributed by atoms with van der Waals surface area (Å²) in [6.45, 7) is 6.00. The van der Waals surface area contributed by atoms with E-state index in [1.807, 2.05) is 43.3 Å². The van der Waals surface area contributed by atoms with Gasteiger partial charge in [0.25, 0.3) is 11.5 Å². The Bertz CT molecular complexity index is 1270. The predicted molar refractivity (Wildman–Crippen MR) is 127 cm³/mol. The Kier molecular flexibility index (Phi) is 7.42. The van der Waals surface area contributed by atoms with E-state index in [2.05, 4.69) is 5.32 Å². The van der Waals surface area contributed by atoms with Gasteiger partial charge in [0.2, 0.25) is 5.91 Å². The van der Waals surface area contributed by atoms with Crippen LogP contribution in [0.25, 0.3) is 0 Å². The lowest BCUT2D eigenvalue weighted by molar-refractivity contribution is -0.116. The molecule has 0 aliphatic heterocycles. The number of nitriles is 1. The SMILES string of the molecule is CCN(Cc1ccccc1)C(=O)c1ccccc1NC(=O)Cn1c(C)cc(C)c(C#N)c1=O. The van der Waals surface area contributed by atoms with Gasteiger partial charge >= 0.3 is 0 Å². The normalized spacial score (nSPS) is 10.4. The maximum absolute atomic E-state index is 13.3. The van der Waals surface area contributed by atoms with E-state index < -0.39 is 11.5 Å². The van der Waals surface area contributed by atoms with Crippen LogP contribution in [0, 0.1) is 25.2 Å². The van der Waals surface area contributed by atoms with Gasteiger partial charge in [-0.05, 0) is 50.1 Å². The van der Waals surface area contributed by atoms with Crippen LogP contribution in [0.1, 0.15) is 39.7 Å². The van der Waals surface area contributed by atoms with Crippen molar-refractivity contribution < 1.29 is 9.59 Å². The lowest BCUT2D eigenvalue weighted by Gasteiger charge is -2.22. The van der Waals surface area contributed by atoms with E-state index in [9.17, 15) is 19.6 Å². The maximum atomic E-state index is 13.3. The molecule has 1 heterocycles. The number of pyridine rings is 1. The number of aryl methyl sites for hydroxylation is 2. The second-order valence-corrected chi connectivity index (χ2v) is 7.75. The summed E-state index contributed by atoms with van der Waals surface area (Å²) < 4.78 is 1.26. The molecule has 0 atom stereocenters. The van der Waals surface area contributed by atoms with Crippen LogP contribution >= 0.6 is 0 Å². The van der Waals surface area contributed by atoms with Gasteiger partial charge in [-0.15, -0.1) is 0 Å². The van der Waals surface area contributed by atoms with Crippen LogP contribution in [-0.2, 0) is 17.9 Å². The molecule has 3 aromatic rings. The Hall–Kier alpha value is -4.18. The third kappa shape index (κ3) is 5.36. The Morgan fingerprint density at radius 1 is 1.06 bits per heavy atom. The standard InChI is InChI=1S/C26H26N4O3/c1-4-29(16-20-10-6-5-7-11-20)25(32)21-12-8-9-13-23(21)28-24(31)17-30-19(3)14-18(2)22(15-27)26(30)33/h5-14H,4,16-17H2,1-3H3,(H,28,31). The summed E-state index contributed by atoms with van der Waals surface area (Å²) >= 11 is 0. The molecule has 0 bridgehead atoms. The smallest absolute Gasteiger partial charge is 0.269 e. The first-order chi connectivity index (χ1) is 15.8. The molecule has 0 aliphatic carbocycles. The molecule has 0 saturated carbocycles. The Morgan fingerprint density at radius 2 is 1.73 bits per heavy atom. The highest BCUT2D eigenvalue weighted by atomic mass is 16.2. The zero-order chi connectivity index (χ0) is 24.0. The van der Waals surface area contributed by atoms with Crippen molar-refractivity contribution in [3.8, 4) is 6.07 Å². The molecular weight excluding hydrogens is 416 g/mol. The number of nitrogens with one attached hydrogen (secondary N) is 1. The topological polar surface area (TPSA) is 95.2 Å². The number of para-hydroxylation sites is 1. The lowest BCUT2D eigenvalue weighted by Crippen LogP contribution is -2.33. The second-order valence-electron chi connectivity index (χ2n) is 7.75. The van der Waals surface area contributed by atoms with Gasteiger partial charge in [-0.2, -0.15) is 5.26 Å². The summed E-state index contributed by atoms with van der Waals surface area (Å²) in [5.41, 5.74) is 2.42. The molecule has 0 aliphatic rings. The molecule has 168 valence electrons. The van der Waals surface area contributed by atoms with Crippen molar-refractivity contribution in [3.05, 3.63) is 99.0 Å². The highest BCUT2D eigenvalue weighted by Crippen LogP contribution is 2.19. The first-order valence-electron chi connectivity index (χ1n) is 10.7. The average molecular weight is 443 g/mol. The fraction of sp³-hybridized carbons (Fsp3) is 0.231. The van der Waals surface area contributed by atoms with Crippen molar-refractivity contribution in [1.29, 1.82) is 5.26 Å². The number of carbonyl (C=O) groups excluding carboxylic acids is 2. The van der Waals surface area contributed by atoms with Gasteiger partial charge in [-0.1, -0.05) is 42.5 Å². The summed E-state index contributed by atoms with van der Waals surface area (Å²) in [5, 5.41) is 12.0. The van der Waals surface area contributed by atoms with E-state index >= 15 is 0 Å². The quantitative estimate of drug-likeness (QED) is 0.604. The van der Waals surface area contributed by atoms with Crippen LogP contribution in [-0.4, -0.2) is 27.8 Å². The van der Waals surface area contributed by atoms with Crippen molar-refractivity contribution in [2.24, 2.45) is 0 Å². The molecule has 3 rings (SSSR count). The molecule has 7 nitrogen and oxygen atoms in total. The van der Waals surface area contributed by atoms with Gasteiger partial charge in [0.15, 0.2) is 0 Å². The lowest BCUT2D eigenvalue weighted by atomic mass is 10.1. The summed E-state index contributed by atoms with van der Waals surface area (Å²) in [7, 11) is 0. The number of rotatable bonds is 7. The fourth-order valence-corrected chi connectivity index (χ4v) is 3.67. The van der Waals surface area contributed by atoms with E-state index in [0.717, 1.165) is 5.56 Å². The van der Waals surface area contributed by atoms with E-state index in [4.69, 9.17) is 0 Å². The number of nitrogens with zero attached hydrogens (tertiary/aromatic N) is 3. The summed E-state index contributed by atoms with van der Waals surface area (Å²) in [6.07, 6.45) is 0. The van der Waals surface area contributed by atoms with Crippen molar-refractivity contribution in [1.82, 2.24) is 9.47 Å². The van der Waals surface area contributed by atoms with E-state index in [1.165, 1.54) is 4.57 Å². The molecule has 2 amide bonds. The van der Waals surface area contributed by atoms with Crippen LogP contribution < -0.4 is 10.9 Å². The molecule has 33 heavy (non-hydrogen) atoms. The predicted octanol–water partition coefficient (Wildman–Crippen LogP) is 3.64. The largest absolute Gasteiger partial charge is 0.335 e. The van der Waals surface area contributed by atoms with Crippen LogP contribution in [0.5, 0.6) is 0 Å². The van der Waals surface area contributed by atoms with Crippen molar-refractivity contribution in [2.75, 3.05) is 11.9 Å². The minimum Gasteiger partial charge on any atom is -0.335 e. The minimum atomic E-state index is -0.505. The first kappa shape index (κ1) is 23.5. The van der Waals surface area contributed by atoms with Gasteiger partial charge < -0.3 is 14.8 Å². The summed E-state index contributed by atoms with van der Waals surface area (Å²) in [5.74, 6) is -0.660. The highest BCUT2D eigenvalue weighted by Gasteiger charge is 2.20. The minimum absolute atomic E-state index is 0.0171. The zero-order valence-electron chi connectivity index (χ0n) is 19.0. The fourth-order valence-electron chi connectivity index (χ4n) is 3.67. The second kappa shape index (κ2) is 10.4. The van der Waals surface area contributed by atoms with Crippen molar-refractivity contribution in [2.45, 2.75) is 33.9 Å². The zero-order valence-corrected chi connectivity index (χ0v) is 19.0. The van der Waals surface area contributed by atoms with Crippen LogP contribution in [0.4, 0.5) is 5.69 Å². The highest BCUT2D eigenvalue weighted by molar-refractivity contribution is 6.03. The molecule has 0 saturated heterocycles. The molecule has 1 aromatic heterocycles. The van der Waals surface area contributed by atoms with Crippen LogP contribution in [0.2, 0.25) is 0 Å². The molecule has 0 radical (unpaired) electrons. The third-order valence-corrected chi connectivity index (χ3v) is 5.43. The van der Waals surface area contributed by atoms with Crippen LogP contribution in [0.3, 0.4) is 0 Å². The van der Waals surface area contributed by atoms with E-state index in [0.29, 0.717) is 35.6 Å². The monoisotopic (exact) mass is 442 g/mol. The number of amides is 2. The first-order valence-corrected chi connectivity index (χ1v) is 10.7. The van der Waals surface area contributed by atoms with Gasteiger partial charge in [0.05, 0.1) is 11.3 Å². The molecule has 1 N–H and O–H groups in total. The Morgan fingerprint density at radius 3 is 2.39 bits per heavy atom. The van der Waals surface area contributed by atoms with Gasteiger partial charge in [0, 0.05) is 18.8 Å². The average Bonchev–Trinajstić information content (AvgIpc) is 2.81. The third-order valence-electron chi connectivity index (χ3n) is 5.43. The Balaban J connectivity index is 1.82. The molecule has 2 aromatic carbocycles. The molecule has 7 heteroatoms. The molecule has 0 fully saturated rings. The number of hydrogen-bond acceptors (Lipinski definition) is 4. The number of hydrogen-bond donors (Lipinski definition) is 1. The number of carbonyl (C=O) groups is 2. The Labute approximate surface area is 192 Å². The van der Waals surface area contributed by atoms with Crippen molar-refractivity contribution >= 4 is 17.5 Å².